The molecule has 0 atom stereocenters. The van der Waals surface area contributed by atoms with Crippen LogP contribution in [-0.2, 0) is 6.54 Å². The molecule has 0 bridgehead atoms. The van der Waals surface area contributed by atoms with Crippen molar-refractivity contribution in [2.45, 2.75) is 20.4 Å². The maximum absolute atomic E-state index is 13.5. The fraction of sp³-hybridized carbons (Fsp3) is 0.294. The number of benzene rings is 2. The summed E-state index contributed by atoms with van der Waals surface area (Å²) in [6, 6.07) is 12.5. The third-order valence-electron chi connectivity index (χ3n) is 3.33. The molecule has 2 rings (SSSR count). The maximum Gasteiger partial charge on any atom is 0.125 e. The Bertz CT molecular complexity index is 601. The zero-order valence-electron chi connectivity index (χ0n) is 12.4. The minimum absolute atomic E-state index is 0.229. The molecule has 0 fully saturated rings. The third kappa shape index (κ3) is 3.96. The first kappa shape index (κ1) is 15.8. The lowest BCUT2D eigenvalue weighted by atomic mass is 10.1. The quantitative estimate of drug-likeness (QED) is 0.828. The second-order valence-electron chi connectivity index (χ2n) is 4.78. The van der Waals surface area contributed by atoms with Gasteiger partial charge in [0.25, 0.3) is 0 Å². The molecule has 4 heteroatoms. The Labute approximate surface area is 130 Å². The molecule has 0 aromatic heterocycles. The van der Waals surface area contributed by atoms with Crippen molar-refractivity contribution in [2.24, 2.45) is 0 Å². The SMILES string of the molecule is CCNCc1cc(Cl)ccc1N(CC)c1cccc(F)c1. The predicted octanol–water partition coefficient (Wildman–Crippen LogP) is 4.75. The zero-order valence-corrected chi connectivity index (χ0v) is 13.1. The highest BCUT2D eigenvalue weighted by atomic mass is 35.5. The van der Waals surface area contributed by atoms with Crippen LogP contribution in [0.15, 0.2) is 42.5 Å². The van der Waals surface area contributed by atoms with Crippen LogP contribution in [-0.4, -0.2) is 13.1 Å². The lowest BCUT2D eigenvalue weighted by Crippen LogP contribution is -2.20. The van der Waals surface area contributed by atoms with E-state index in [9.17, 15) is 4.39 Å². The summed E-state index contributed by atoms with van der Waals surface area (Å²) in [6.07, 6.45) is 0. The standard InChI is InChI=1S/C17H20ClFN2/c1-3-20-12-13-10-14(18)8-9-17(13)21(4-2)16-7-5-6-15(19)11-16/h5-11,20H,3-4,12H2,1-2H3. The summed E-state index contributed by atoms with van der Waals surface area (Å²) in [7, 11) is 0. The van der Waals surface area contributed by atoms with E-state index in [1.165, 1.54) is 6.07 Å². The number of halogens is 2. The molecule has 2 aromatic rings. The Morgan fingerprint density at radius 1 is 1.14 bits per heavy atom. The van der Waals surface area contributed by atoms with Crippen molar-refractivity contribution in [1.82, 2.24) is 5.32 Å². The molecule has 0 amide bonds. The van der Waals surface area contributed by atoms with Gasteiger partial charge in [-0.25, -0.2) is 4.39 Å². The van der Waals surface area contributed by atoms with Crippen molar-refractivity contribution in [1.29, 1.82) is 0 Å². The molecule has 0 unspecified atom stereocenters. The van der Waals surface area contributed by atoms with E-state index >= 15 is 0 Å². The largest absolute Gasteiger partial charge is 0.341 e. The molecule has 0 saturated carbocycles. The number of anilines is 2. The van der Waals surface area contributed by atoms with E-state index in [4.69, 9.17) is 11.6 Å². The van der Waals surface area contributed by atoms with Crippen molar-refractivity contribution in [3.8, 4) is 0 Å². The predicted molar refractivity (Wildman–Crippen MR) is 87.9 cm³/mol. The lowest BCUT2D eigenvalue weighted by Gasteiger charge is -2.26. The van der Waals surface area contributed by atoms with Crippen molar-refractivity contribution in [3.63, 3.8) is 0 Å². The van der Waals surface area contributed by atoms with Crippen molar-refractivity contribution in [2.75, 3.05) is 18.0 Å². The Morgan fingerprint density at radius 2 is 1.95 bits per heavy atom. The van der Waals surface area contributed by atoms with Gasteiger partial charge in [0.2, 0.25) is 0 Å². The first-order valence-electron chi connectivity index (χ1n) is 7.18. The number of nitrogens with one attached hydrogen (secondary N) is 1. The average Bonchev–Trinajstić information content (AvgIpc) is 2.48. The van der Waals surface area contributed by atoms with Crippen LogP contribution in [0.4, 0.5) is 15.8 Å². The summed E-state index contributed by atoms with van der Waals surface area (Å²) in [4.78, 5) is 2.09. The maximum atomic E-state index is 13.5. The molecule has 0 aliphatic carbocycles. The summed E-state index contributed by atoms with van der Waals surface area (Å²) in [5.41, 5.74) is 3.00. The van der Waals surface area contributed by atoms with Gasteiger partial charge in [0.05, 0.1) is 0 Å². The zero-order chi connectivity index (χ0) is 15.2. The van der Waals surface area contributed by atoms with Crippen molar-refractivity contribution in [3.05, 3.63) is 58.9 Å². The van der Waals surface area contributed by atoms with Gasteiger partial charge in [0.15, 0.2) is 0 Å². The lowest BCUT2D eigenvalue weighted by molar-refractivity contribution is 0.627. The van der Waals surface area contributed by atoms with Gasteiger partial charge in [-0.3, -0.25) is 0 Å². The van der Waals surface area contributed by atoms with Crippen LogP contribution < -0.4 is 10.2 Å². The number of nitrogens with zero attached hydrogens (tertiary/aromatic N) is 1. The highest BCUT2D eigenvalue weighted by Crippen LogP contribution is 2.30. The monoisotopic (exact) mass is 306 g/mol. The normalized spacial score (nSPS) is 10.7. The van der Waals surface area contributed by atoms with Gasteiger partial charge in [-0.1, -0.05) is 24.6 Å². The van der Waals surface area contributed by atoms with Crippen molar-refractivity contribution >= 4 is 23.0 Å². The van der Waals surface area contributed by atoms with Crippen LogP contribution in [0, 0.1) is 5.82 Å². The topological polar surface area (TPSA) is 15.3 Å². The molecule has 0 aliphatic rings. The molecule has 112 valence electrons. The van der Waals surface area contributed by atoms with Gasteiger partial charge in [-0.15, -0.1) is 0 Å². The molecule has 1 N–H and O–H groups in total. The van der Waals surface area contributed by atoms with Crippen LogP contribution >= 0.6 is 11.6 Å². The number of rotatable bonds is 6. The van der Waals surface area contributed by atoms with Gasteiger partial charge in [0, 0.05) is 29.5 Å². The van der Waals surface area contributed by atoms with Gasteiger partial charge in [-0.2, -0.15) is 0 Å². The van der Waals surface area contributed by atoms with Crippen molar-refractivity contribution < 1.29 is 4.39 Å². The minimum Gasteiger partial charge on any atom is -0.341 e. The number of hydrogen-bond donors (Lipinski definition) is 1. The summed E-state index contributed by atoms with van der Waals surface area (Å²) in [5.74, 6) is -0.229. The van der Waals surface area contributed by atoms with E-state index in [1.54, 1.807) is 12.1 Å². The van der Waals surface area contributed by atoms with Crippen LogP contribution in [0.1, 0.15) is 19.4 Å². The first-order valence-corrected chi connectivity index (χ1v) is 7.55. The Balaban J connectivity index is 2.41. The summed E-state index contributed by atoms with van der Waals surface area (Å²) >= 11 is 6.11. The Hall–Kier alpha value is -1.58. The third-order valence-corrected chi connectivity index (χ3v) is 3.57. The molecule has 21 heavy (non-hydrogen) atoms. The van der Waals surface area contributed by atoms with E-state index in [-0.39, 0.29) is 5.82 Å². The summed E-state index contributed by atoms with van der Waals surface area (Å²) in [6.45, 7) is 6.49. The molecule has 0 heterocycles. The van der Waals surface area contributed by atoms with E-state index < -0.39 is 0 Å². The van der Waals surface area contributed by atoms with Gasteiger partial charge >= 0.3 is 0 Å². The molecule has 0 saturated heterocycles. The Morgan fingerprint density at radius 3 is 2.62 bits per heavy atom. The number of hydrogen-bond acceptors (Lipinski definition) is 2. The van der Waals surface area contributed by atoms with Crippen LogP contribution in [0.5, 0.6) is 0 Å². The molecule has 0 spiro atoms. The molecule has 2 nitrogen and oxygen atoms in total. The second kappa shape index (κ2) is 7.43. The van der Waals surface area contributed by atoms with E-state index in [2.05, 4.69) is 24.1 Å². The average molecular weight is 307 g/mol. The van der Waals surface area contributed by atoms with E-state index in [0.29, 0.717) is 5.02 Å². The highest BCUT2D eigenvalue weighted by Gasteiger charge is 2.12. The first-order chi connectivity index (χ1) is 10.2. The van der Waals surface area contributed by atoms with E-state index in [1.807, 2.05) is 24.3 Å². The van der Waals surface area contributed by atoms with Gasteiger partial charge < -0.3 is 10.2 Å². The van der Waals surface area contributed by atoms with E-state index in [0.717, 1.165) is 36.6 Å². The second-order valence-corrected chi connectivity index (χ2v) is 5.21. The summed E-state index contributed by atoms with van der Waals surface area (Å²) in [5, 5.41) is 4.02. The fourth-order valence-electron chi connectivity index (χ4n) is 2.35. The minimum atomic E-state index is -0.229. The smallest absolute Gasteiger partial charge is 0.125 e. The highest BCUT2D eigenvalue weighted by molar-refractivity contribution is 6.30. The Kier molecular flexibility index (Phi) is 5.59. The summed E-state index contributed by atoms with van der Waals surface area (Å²) < 4.78 is 13.5. The van der Waals surface area contributed by atoms with Gasteiger partial charge in [-0.05, 0) is 55.4 Å². The molecule has 0 radical (unpaired) electrons. The van der Waals surface area contributed by atoms with Gasteiger partial charge in [0.1, 0.15) is 5.82 Å². The molecular weight excluding hydrogens is 287 g/mol. The molecular formula is C17H20ClFN2. The molecule has 0 aliphatic heterocycles. The van der Waals surface area contributed by atoms with Crippen LogP contribution in [0.25, 0.3) is 0 Å². The fourth-order valence-corrected chi connectivity index (χ4v) is 2.55. The van der Waals surface area contributed by atoms with Crippen LogP contribution in [0.2, 0.25) is 5.02 Å². The molecule has 2 aromatic carbocycles. The van der Waals surface area contributed by atoms with Crippen LogP contribution in [0.3, 0.4) is 0 Å².